The van der Waals surface area contributed by atoms with E-state index in [1.165, 1.54) is 6.07 Å². The number of alkyl carbamates (subject to hydrolysis) is 1. The number of methoxy groups -OCH3 is 1. The van der Waals surface area contributed by atoms with E-state index in [-0.39, 0.29) is 60.8 Å². The second-order valence-electron chi connectivity index (χ2n) is 16.5. The van der Waals surface area contributed by atoms with Crippen molar-refractivity contribution in [3.63, 3.8) is 0 Å². The average molecular weight is 748 g/mol. The van der Waals surface area contributed by atoms with E-state index in [2.05, 4.69) is 36.7 Å². The zero-order valence-electron chi connectivity index (χ0n) is 33.5. The van der Waals surface area contributed by atoms with Crippen molar-refractivity contribution < 1.29 is 42.5 Å². The molecule has 0 aromatic heterocycles. The highest BCUT2D eigenvalue weighted by atomic mass is 19.2. The molecule has 0 heterocycles. The van der Waals surface area contributed by atoms with Gasteiger partial charge in [0.15, 0.2) is 11.6 Å². The summed E-state index contributed by atoms with van der Waals surface area (Å²) in [5, 5.41) is 20.3. The first-order valence-electron chi connectivity index (χ1n) is 18.6. The number of nitrogens with one attached hydrogen (secondary N) is 3. The summed E-state index contributed by atoms with van der Waals surface area (Å²) in [4.78, 5) is 40.1. The fourth-order valence-corrected chi connectivity index (χ4v) is 5.81. The molecule has 298 valence electrons. The molecule has 3 amide bonds. The normalized spacial score (nSPS) is 14.3. The van der Waals surface area contributed by atoms with Gasteiger partial charge in [-0.15, -0.1) is 0 Å². The average Bonchev–Trinajstić information content (AvgIpc) is 3.04. The lowest BCUT2D eigenvalue weighted by Crippen LogP contribution is -2.48. The summed E-state index contributed by atoms with van der Waals surface area (Å²) >= 11 is 0. The van der Waals surface area contributed by atoms with Gasteiger partial charge in [-0.1, -0.05) is 60.6 Å². The molecular weight excluding hydrogens is 684 g/mol. The van der Waals surface area contributed by atoms with Crippen molar-refractivity contribution in [1.29, 1.82) is 0 Å². The van der Waals surface area contributed by atoms with E-state index >= 15 is 0 Å². The summed E-state index contributed by atoms with van der Waals surface area (Å²) < 4.78 is 43.8. The van der Waals surface area contributed by atoms with E-state index in [1.807, 2.05) is 45.9 Å². The Balaban J connectivity index is 2.30. The second kappa shape index (κ2) is 20.6. The fourth-order valence-electron chi connectivity index (χ4n) is 5.81. The molecule has 0 unspecified atom stereocenters. The van der Waals surface area contributed by atoms with Crippen LogP contribution in [0.25, 0.3) is 0 Å². The molecule has 10 nitrogen and oxygen atoms in total. The highest BCUT2D eigenvalue weighted by Crippen LogP contribution is 2.33. The number of carbonyl (C=O) groups excluding carboxylic acids is 3. The van der Waals surface area contributed by atoms with Crippen LogP contribution in [0.3, 0.4) is 0 Å². The third-order valence-corrected chi connectivity index (χ3v) is 9.07. The summed E-state index contributed by atoms with van der Waals surface area (Å²) in [5.41, 5.74) is 0.991. The van der Waals surface area contributed by atoms with Crippen LogP contribution < -0.4 is 20.7 Å². The van der Waals surface area contributed by atoms with E-state index in [9.17, 15) is 28.3 Å². The summed E-state index contributed by atoms with van der Waals surface area (Å²) in [7, 11) is 1.63. The summed E-state index contributed by atoms with van der Waals surface area (Å²) in [6.07, 6.45) is -0.947. The van der Waals surface area contributed by atoms with Crippen molar-refractivity contribution in [3.8, 4) is 5.75 Å². The fraction of sp³-hybridized carbons (Fsp3) is 0.634. The number of halogens is 2. The smallest absolute Gasteiger partial charge is 0.407 e. The SMILES string of the molecule is COCCCOc1ccc(C(C)(C)C)cc1NC(=O)C[C@@H](C[C@H](NC(=O)OC(C)(C)C)[C@@H](O)C[C@H](C(=O)NCc1ccc(F)c(F)c1)C(C)C)C(C)C. The molecule has 12 heteroatoms. The molecular formula is C41H63F2N3O7. The van der Waals surface area contributed by atoms with Gasteiger partial charge in [0.05, 0.1) is 24.4 Å². The molecule has 0 aliphatic heterocycles. The minimum atomic E-state index is -1.19. The highest BCUT2D eigenvalue weighted by molar-refractivity contribution is 5.92. The lowest BCUT2D eigenvalue weighted by Gasteiger charge is -2.33. The first kappa shape index (κ1) is 45.4. The van der Waals surface area contributed by atoms with Gasteiger partial charge in [0.25, 0.3) is 0 Å². The molecule has 0 saturated heterocycles. The largest absolute Gasteiger partial charge is 0.491 e. The first-order valence-corrected chi connectivity index (χ1v) is 18.6. The Morgan fingerprint density at radius 2 is 1.55 bits per heavy atom. The van der Waals surface area contributed by atoms with Gasteiger partial charge in [-0.3, -0.25) is 9.59 Å². The van der Waals surface area contributed by atoms with Crippen molar-refractivity contribution in [2.45, 2.75) is 125 Å². The van der Waals surface area contributed by atoms with Gasteiger partial charge in [0.1, 0.15) is 11.4 Å². The van der Waals surface area contributed by atoms with Crippen molar-refractivity contribution >= 4 is 23.6 Å². The van der Waals surface area contributed by atoms with Crippen LogP contribution in [0.1, 0.15) is 106 Å². The van der Waals surface area contributed by atoms with Gasteiger partial charge >= 0.3 is 6.09 Å². The maximum Gasteiger partial charge on any atom is 0.407 e. The van der Waals surface area contributed by atoms with Crippen molar-refractivity contribution in [2.75, 3.05) is 25.6 Å². The predicted molar refractivity (Wildman–Crippen MR) is 204 cm³/mol. The predicted octanol–water partition coefficient (Wildman–Crippen LogP) is 7.90. The Morgan fingerprint density at radius 3 is 2.11 bits per heavy atom. The second-order valence-corrected chi connectivity index (χ2v) is 16.5. The summed E-state index contributed by atoms with van der Waals surface area (Å²) in [6, 6.07) is 8.32. The van der Waals surface area contributed by atoms with Crippen LogP contribution >= 0.6 is 0 Å². The molecule has 2 rings (SSSR count). The molecule has 0 bridgehead atoms. The molecule has 0 spiro atoms. The number of aliphatic hydroxyl groups excluding tert-OH is 1. The number of ether oxygens (including phenoxy) is 3. The van der Waals surface area contributed by atoms with Crippen LogP contribution in [0, 0.1) is 35.3 Å². The van der Waals surface area contributed by atoms with Gasteiger partial charge in [0, 0.05) is 39.0 Å². The standard InChI is InChI=1S/C41H63F2N3O7/c1-25(2)28(21-37(48)45-34-22-29(40(5,6)7)14-16-36(34)52-18-12-17-51-11)20-33(46-39(50)53-41(8,9)10)35(47)23-30(26(3)4)38(49)44-24-27-13-15-31(42)32(43)19-27/h13-16,19,22,25-26,28,30,33,35,47H,12,17-18,20-21,23-24H2,1-11H3,(H,44,49)(H,45,48)(H,46,50)/t28-,30+,33+,35+/m1/s1. The molecule has 4 N–H and O–H groups in total. The van der Waals surface area contributed by atoms with Gasteiger partial charge in [0.2, 0.25) is 11.8 Å². The van der Waals surface area contributed by atoms with Gasteiger partial charge in [-0.25, -0.2) is 13.6 Å². The molecule has 0 radical (unpaired) electrons. The number of carbonyl (C=O) groups is 3. The molecule has 4 atom stereocenters. The van der Waals surface area contributed by atoms with E-state index in [4.69, 9.17) is 14.2 Å². The minimum absolute atomic E-state index is 0.0118. The number of amides is 3. The van der Waals surface area contributed by atoms with E-state index in [0.29, 0.717) is 36.6 Å². The summed E-state index contributed by atoms with van der Waals surface area (Å²) in [5.74, 6) is -3.28. The van der Waals surface area contributed by atoms with Crippen LogP contribution in [0.15, 0.2) is 36.4 Å². The molecule has 0 saturated carbocycles. The van der Waals surface area contributed by atoms with Crippen molar-refractivity contribution in [3.05, 3.63) is 59.2 Å². The third-order valence-electron chi connectivity index (χ3n) is 9.07. The Bertz CT molecular complexity index is 1490. The quantitative estimate of drug-likeness (QED) is 0.107. The van der Waals surface area contributed by atoms with Crippen LogP contribution in [-0.4, -0.2) is 61.1 Å². The Morgan fingerprint density at radius 1 is 0.868 bits per heavy atom. The molecule has 0 fully saturated rings. The summed E-state index contributed by atoms with van der Waals surface area (Å²) in [6.45, 7) is 20.0. The molecule has 0 aliphatic carbocycles. The van der Waals surface area contributed by atoms with Crippen molar-refractivity contribution in [1.82, 2.24) is 10.6 Å². The lowest BCUT2D eigenvalue weighted by atomic mass is 9.81. The maximum absolute atomic E-state index is 13.8. The number of rotatable bonds is 19. The van der Waals surface area contributed by atoms with Gasteiger partial charge < -0.3 is 35.3 Å². The zero-order chi connectivity index (χ0) is 40.1. The number of hydrogen-bond acceptors (Lipinski definition) is 7. The Hall–Kier alpha value is -3.77. The molecule has 2 aromatic rings. The van der Waals surface area contributed by atoms with E-state index < -0.39 is 41.4 Å². The zero-order valence-corrected chi connectivity index (χ0v) is 33.5. The number of anilines is 1. The maximum atomic E-state index is 13.8. The van der Waals surface area contributed by atoms with E-state index in [1.54, 1.807) is 27.9 Å². The highest BCUT2D eigenvalue weighted by Gasteiger charge is 2.34. The van der Waals surface area contributed by atoms with Crippen LogP contribution in [0.5, 0.6) is 5.75 Å². The van der Waals surface area contributed by atoms with Crippen molar-refractivity contribution in [2.24, 2.45) is 23.7 Å². The van der Waals surface area contributed by atoms with Gasteiger partial charge in [-0.05, 0) is 92.2 Å². The molecule has 2 aromatic carbocycles. The van der Waals surface area contributed by atoms with Gasteiger partial charge in [-0.2, -0.15) is 0 Å². The van der Waals surface area contributed by atoms with Crippen LogP contribution in [-0.2, 0) is 31.0 Å². The Labute approximate surface area is 315 Å². The number of benzene rings is 2. The monoisotopic (exact) mass is 747 g/mol. The molecule has 53 heavy (non-hydrogen) atoms. The molecule has 0 aliphatic rings. The van der Waals surface area contributed by atoms with E-state index in [0.717, 1.165) is 17.7 Å². The Kier molecular flexibility index (Phi) is 17.7. The topological polar surface area (TPSA) is 135 Å². The van der Waals surface area contributed by atoms with Crippen LogP contribution in [0.4, 0.5) is 19.3 Å². The lowest BCUT2D eigenvalue weighted by molar-refractivity contribution is -0.127. The first-order chi connectivity index (χ1) is 24.6. The minimum Gasteiger partial charge on any atom is -0.491 e. The third kappa shape index (κ3) is 16.0. The number of aliphatic hydroxyl groups is 1. The van der Waals surface area contributed by atoms with Crippen LogP contribution in [0.2, 0.25) is 0 Å². The number of hydrogen-bond donors (Lipinski definition) is 4.